The first-order valence-electron chi connectivity index (χ1n) is 3.72. The molecule has 0 spiro atoms. The molecule has 0 bridgehead atoms. The van der Waals surface area contributed by atoms with E-state index in [1.807, 2.05) is 0 Å². The fourth-order valence-corrected chi connectivity index (χ4v) is 0.903. The maximum absolute atomic E-state index is 10.7. The Balaban J connectivity index is 2.98. The second-order valence-corrected chi connectivity index (χ2v) is 2.73. The molecule has 0 aliphatic heterocycles. The second-order valence-electron chi connectivity index (χ2n) is 2.73. The van der Waals surface area contributed by atoms with E-state index in [1.54, 1.807) is 25.2 Å². The molecule has 0 aliphatic rings. The molecule has 0 unspecified atom stereocenters. The summed E-state index contributed by atoms with van der Waals surface area (Å²) in [5, 5.41) is 10.4. The largest absolute Gasteiger partial charge is 0.478 e. The number of carbonyl (C=O) groups is 1. The predicted molar refractivity (Wildman–Crippen MR) is 48.5 cm³/mol. The first-order valence-corrected chi connectivity index (χ1v) is 3.72. The topological polar surface area (TPSA) is 65.5 Å². The monoisotopic (exact) mass is 181 g/mol. The highest BCUT2D eigenvalue weighted by molar-refractivity contribution is 5.93. The van der Waals surface area contributed by atoms with Crippen molar-refractivity contribution in [3.05, 3.63) is 24.0 Å². The summed E-state index contributed by atoms with van der Waals surface area (Å²) in [7, 11) is 3.57. The average molecular weight is 181 g/mol. The molecule has 0 aliphatic carbocycles. The molecule has 5 heteroatoms. The van der Waals surface area contributed by atoms with E-state index in [9.17, 15) is 4.79 Å². The summed E-state index contributed by atoms with van der Waals surface area (Å²) >= 11 is 0. The zero-order valence-electron chi connectivity index (χ0n) is 7.48. The Morgan fingerprint density at radius 2 is 2.31 bits per heavy atom. The molecule has 0 fully saturated rings. The van der Waals surface area contributed by atoms with Crippen molar-refractivity contribution in [3.63, 3.8) is 0 Å². The summed E-state index contributed by atoms with van der Waals surface area (Å²) in [6.07, 6.45) is 2.85. The fourth-order valence-electron chi connectivity index (χ4n) is 0.903. The molecule has 1 rings (SSSR count). The van der Waals surface area contributed by atoms with Crippen molar-refractivity contribution in [2.75, 3.05) is 19.5 Å². The van der Waals surface area contributed by atoms with Crippen LogP contribution in [0.4, 0.5) is 5.69 Å². The third kappa shape index (κ3) is 2.41. The van der Waals surface area contributed by atoms with Crippen LogP contribution in [0.3, 0.4) is 0 Å². The minimum absolute atomic E-state index is 0.163. The summed E-state index contributed by atoms with van der Waals surface area (Å²) in [5.74, 6) is -0.988. The normalized spacial score (nSPS) is 10.1. The Kier molecular flexibility index (Phi) is 2.81. The van der Waals surface area contributed by atoms with E-state index in [0.29, 0.717) is 5.69 Å². The molecule has 0 aromatic carbocycles. The molecule has 13 heavy (non-hydrogen) atoms. The van der Waals surface area contributed by atoms with Gasteiger partial charge in [0.15, 0.2) is 0 Å². The van der Waals surface area contributed by atoms with E-state index in [4.69, 9.17) is 5.11 Å². The number of carboxylic acid groups (broad SMARTS) is 1. The number of nitrogens with one attached hydrogen (secondary N) is 1. The molecule has 2 N–H and O–H groups in total. The maximum atomic E-state index is 10.7. The third-order valence-electron chi connectivity index (χ3n) is 1.40. The number of aromatic nitrogens is 1. The molecular weight excluding hydrogens is 170 g/mol. The maximum Gasteiger partial charge on any atom is 0.339 e. The summed E-state index contributed by atoms with van der Waals surface area (Å²) in [6, 6.07) is 1.61. The van der Waals surface area contributed by atoms with Crippen LogP contribution in [-0.4, -0.2) is 35.2 Å². The van der Waals surface area contributed by atoms with E-state index in [0.717, 1.165) is 0 Å². The zero-order valence-corrected chi connectivity index (χ0v) is 7.48. The van der Waals surface area contributed by atoms with Crippen LogP contribution < -0.4 is 5.43 Å². The quantitative estimate of drug-likeness (QED) is 0.671. The molecule has 5 nitrogen and oxygen atoms in total. The van der Waals surface area contributed by atoms with Gasteiger partial charge in [-0.1, -0.05) is 0 Å². The number of anilines is 1. The van der Waals surface area contributed by atoms with Gasteiger partial charge in [0, 0.05) is 26.5 Å². The Morgan fingerprint density at radius 3 is 2.85 bits per heavy atom. The number of carboxylic acids is 1. The number of hydrogen-bond donors (Lipinski definition) is 2. The van der Waals surface area contributed by atoms with Gasteiger partial charge in [0.1, 0.15) is 5.56 Å². The minimum atomic E-state index is -0.988. The number of rotatable bonds is 3. The van der Waals surface area contributed by atoms with E-state index >= 15 is 0 Å². The van der Waals surface area contributed by atoms with Gasteiger partial charge in [-0.2, -0.15) is 0 Å². The van der Waals surface area contributed by atoms with Crippen LogP contribution in [0.15, 0.2) is 18.5 Å². The van der Waals surface area contributed by atoms with Gasteiger partial charge in [0.25, 0.3) is 0 Å². The Labute approximate surface area is 76.0 Å². The smallest absolute Gasteiger partial charge is 0.339 e. The number of hydrogen-bond acceptors (Lipinski definition) is 4. The highest BCUT2D eigenvalue weighted by Crippen LogP contribution is 2.12. The number of nitrogens with zero attached hydrogens (tertiary/aromatic N) is 2. The number of pyridine rings is 1. The van der Waals surface area contributed by atoms with Gasteiger partial charge >= 0.3 is 5.97 Å². The van der Waals surface area contributed by atoms with Gasteiger partial charge in [0.2, 0.25) is 0 Å². The lowest BCUT2D eigenvalue weighted by molar-refractivity contribution is 0.0697. The van der Waals surface area contributed by atoms with Crippen LogP contribution in [0.2, 0.25) is 0 Å². The molecule has 0 saturated heterocycles. The van der Waals surface area contributed by atoms with E-state index < -0.39 is 5.97 Å². The van der Waals surface area contributed by atoms with Crippen molar-refractivity contribution in [2.45, 2.75) is 0 Å². The van der Waals surface area contributed by atoms with E-state index in [2.05, 4.69) is 10.4 Å². The first kappa shape index (κ1) is 9.47. The van der Waals surface area contributed by atoms with Gasteiger partial charge in [-0.25, -0.2) is 9.80 Å². The molecular formula is C8H11N3O2. The van der Waals surface area contributed by atoms with Crippen molar-refractivity contribution >= 4 is 11.7 Å². The van der Waals surface area contributed by atoms with Crippen molar-refractivity contribution in [1.82, 2.24) is 9.99 Å². The molecule has 1 aromatic heterocycles. The van der Waals surface area contributed by atoms with Gasteiger partial charge in [-0.15, -0.1) is 0 Å². The highest BCUT2D eigenvalue weighted by atomic mass is 16.4. The number of hydrazine groups is 1. The minimum Gasteiger partial charge on any atom is -0.478 e. The molecule has 0 saturated carbocycles. The lowest BCUT2D eigenvalue weighted by atomic mass is 10.2. The van der Waals surface area contributed by atoms with Crippen LogP contribution in [0.1, 0.15) is 10.4 Å². The first-order chi connectivity index (χ1) is 6.11. The Bertz CT molecular complexity index is 312. The third-order valence-corrected chi connectivity index (χ3v) is 1.40. The van der Waals surface area contributed by atoms with Crippen LogP contribution in [-0.2, 0) is 0 Å². The molecule has 0 atom stereocenters. The van der Waals surface area contributed by atoms with Gasteiger partial charge < -0.3 is 10.5 Å². The lowest BCUT2D eigenvalue weighted by Crippen LogP contribution is -2.21. The van der Waals surface area contributed by atoms with Crippen molar-refractivity contribution in [2.24, 2.45) is 0 Å². The molecule has 1 heterocycles. The Hall–Kier alpha value is -1.62. The van der Waals surface area contributed by atoms with Crippen LogP contribution in [0.5, 0.6) is 0 Å². The van der Waals surface area contributed by atoms with E-state index in [1.165, 1.54) is 12.4 Å². The van der Waals surface area contributed by atoms with Crippen molar-refractivity contribution in [3.8, 4) is 0 Å². The molecule has 0 radical (unpaired) electrons. The highest BCUT2D eigenvalue weighted by Gasteiger charge is 2.09. The summed E-state index contributed by atoms with van der Waals surface area (Å²) in [4.78, 5) is 14.4. The fraction of sp³-hybridized carbons (Fsp3) is 0.250. The van der Waals surface area contributed by atoms with Gasteiger partial charge in [-0.05, 0) is 6.07 Å². The van der Waals surface area contributed by atoms with Crippen molar-refractivity contribution < 1.29 is 9.90 Å². The second kappa shape index (κ2) is 3.86. The zero-order chi connectivity index (χ0) is 9.84. The average Bonchev–Trinajstić information content (AvgIpc) is 2.03. The summed E-state index contributed by atoms with van der Waals surface area (Å²) in [6.45, 7) is 0. The summed E-state index contributed by atoms with van der Waals surface area (Å²) < 4.78 is 0. The molecule has 70 valence electrons. The van der Waals surface area contributed by atoms with Gasteiger partial charge in [-0.3, -0.25) is 4.98 Å². The standard InChI is InChI=1S/C8H11N3O2/c1-11(2)10-7-3-4-9-5-6(7)8(12)13/h3-5H,1-2H3,(H,9,10)(H,12,13). The van der Waals surface area contributed by atoms with Crippen LogP contribution in [0.25, 0.3) is 0 Å². The Morgan fingerprint density at radius 1 is 1.62 bits per heavy atom. The van der Waals surface area contributed by atoms with E-state index in [-0.39, 0.29) is 5.56 Å². The predicted octanol–water partition coefficient (Wildman–Crippen LogP) is 0.668. The lowest BCUT2D eigenvalue weighted by Gasteiger charge is -2.14. The van der Waals surface area contributed by atoms with Crippen LogP contribution >= 0.6 is 0 Å². The molecule has 0 amide bonds. The van der Waals surface area contributed by atoms with Gasteiger partial charge in [0.05, 0.1) is 5.69 Å². The number of aromatic carboxylic acids is 1. The molecule has 1 aromatic rings. The van der Waals surface area contributed by atoms with Crippen LogP contribution in [0, 0.1) is 0 Å². The summed E-state index contributed by atoms with van der Waals surface area (Å²) in [5.41, 5.74) is 3.57. The van der Waals surface area contributed by atoms with Crippen molar-refractivity contribution in [1.29, 1.82) is 0 Å². The SMILES string of the molecule is CN(C)Nc1ccncc1C(=O)O.